The average molecular weight is 360 g/mol. The first-order chi connectivity index (χ1) is 12.5. The van der Waals surface area contributed by atoms with Gasteiger partial charge < -0.3 is 9.42 Å². The summed E-state index contributed by atoms with van der Waals surface area (Å²) in [6.07, 6.45) is 0. The Kier molecular flexibility index (Phi) is 6.00. The number of piperazine rings is 1. The number of hydrogen-bond acceptors (Lipinski definition) is 5. The van der Waals surface area contributed by atoms with E-state index in [1.165, 1.54) is 12.1 Å². The second kappa shape index (κ2) is 8.42. The van der Waals surface area contributed by atoms with Crippen LogP contribution in [0.1, 0.15) is 17.0 Å². The minimum absolute atomic E-state index is 0.0774. The molecule has 140 valence electrons. The maximum absolute atomic E-state index is 13.0. The zero-order chi connectivity index (χ0) is 18.5. The van der Waals surface area contributed by atoms with Gasteiger partial charge in [0.25, 0.3) is 0 Å². The van der Waals surface area contributed by atoms with E-state index in [2.05, 4.69) is 15.0 Å². The van der Waals surface area contributed by atoms with Gasteiger partial charge in [0.05, 0.1) is 18.8 Å². The molecule has 6 nitrogen and oxygen atoms in total. The van der Waals surface area contributed by atoms with E-state index in [4.69, 9.17) is 4.52 Å². The van der Waals surface area contributed by atoms with Gasteiger partial charge in [-0.2, -0.15) is 0 Å². The van der Waals surface area contributed by atoms with Crippen molar-refractivity contribution in [2.24, 2.45) is 0 Å². The van der Waals surface area contributed by atoms with Crippen molar-refractivity contribution in [3.8, 4) is 0 Å². The number of aromatic nitrogens is 1. The van der Waals surface area contributed by atoms with Gasteiger partial charge in [-0.05, 0) is 24.6 Å². The smallest absolute Gasteiger partial charge is 0.236 e. The molecule has 1 amide bonds. The SMILES string of the molecule is Cc1cc(CN2CCN(CC(=O)N(C)Cc3ccc(F)cc3)CC2)on1. The lowest BCUT2D eigenvalue weighted by molar-refractivity contribution is -0.132. The van der Waals surface area contributed by atoms with Gasteiger partial charge in [0.1, 0.15) is 5.82 Å². The zero-order valence-electron chi connectivity index (χ0n) is 15.3. The summed E-state index contributed by atoms with van der Waals surface area (Å²) in [5, 5.41) is 3.91. The molecule has 7 heteroatoms. The zero-order valence-corrected chi connectivity index (χ0v) is 15.3. The van der Waals surface area contributed by atoms with Crippen LogP contribution in [0.3, 0.4) is 0 Å². The summed E-state index contributed by atoms with van der Waals surface area (Å²) in [6, 6.07) is 8.22. The Balaban J connectivity index is 1.41. The van der Waals surface area contributed by atoms with E-state index >= 15 is 0 Å². The lowest BCUT2D eigenvalue weighted by Gasteiger charge is -2.34. The number of aryl methyl sites for hydroxylation is 1. The summed E-state index contributed by atoms with van der Waals surface area (Å²) in [5.41, 5.74) is 1.82. The number of likely N-dealkylation sites (N-methyl/N-ethyl adjacent to an activating group) is 1. The second-order valence-corrected chi connectivity index (χ2v) is 6.86. The van der Waals surface area contributed by atoms with Gasteiger partial charge in [-0.25, -0.2) is 4.39 Å². The Labute approximate surface area is 153 Å². The van der Waals surface area contributed by atoms with Crippen molar-refractivity contribution in [2.75, 3.05) is 39.8 Å². The first-order valence-electron chi connectivity index (χ1n) is 8.85. The summed E-state index contributed by atoms with van der Waals surface area (Å²) >= 11 is 0. The Morgan fingerprint density at radius 3 is 2.46 bits per heavy atom. The van der Waals surface area contributed by atoms with Gasteiger partial charge in [0, 0.05) is 45.8 Å². The summed E-state index contributed by atoms with van der Waals surface area (Å²) in [6.45, 7) is 7.07. The molecule has 0 unspecified atom stereocenters. The fourth-order valence-corrected chi connectivity index (χ4v) is 3.08. The average Bonchev–Trinajstić information content (AvgIpc) is 3.03. The highest BCUT2D eigenvalue weighted by Crippen LogP contribution is 2.11. The summed E-state index contributed by atoms with van der Waals surface area (Å²) < 4.78 is 18.2. The molecule has 0 bridgehead atoms. The van der Waals surface area contributed by atoms with Gasteiger partial charge >= 0.3 is 0 Å². The molecule has 1 fully saturated rings. The summed E-state index contributed by atoms with van der Waals surface area (Å²) in [5.74, 6) is 0.695. The van der Waals surface area contributed by atoms with Gasteiger partial charge in [-0.3, -0.25) is 14.6 Å². The molecule has 1 saturated heterocycles. The highest BCUT2D eigenvalue weighted by molar-refractivity contribution is 5.78. The van der Waals surface area contributed by atoms with Crippen LogP contribution in [0.2, 0.25) is 0 Å². The van der Waals surface area contributed by atoms with Gasteiger partial charge in [-0.1, -0.05) is 17.3 Å². The highest BCUT2D eigenvalue weighted by atomic mass is 19.1. The van der Waals surface area contributed by atoms with Crippen LogP contribution in [-0.2, 0) is 17.9 Å². The lowest BCUT2D eigenvalue weighted by atomic mass is 10.2. The minimum atomic E-state index is -0.263. The van der Waals surface area contributed by atoms with Gasteiger partial charge in [0.15, 0.2) is 5.76 Å². The molecule has 0 aliphatic carbocycles. The molecule has 2 aromatic rings. The second-order valence-electron chi connectivity index (χ2n) is 6.86. The van der Waals surface area contributed by atoms with Crippen LogP contribution >= 0.6 is 0 Å². The Hall–Kier alpha value is -2.25. The first kappa shape index (κ1) is 18.5. The van der Waals surface area contributed by atoms with Crippen LogP contribution in [0, 0.1) is 12.7 Å². The van der Waals surface area contributed by atoms with Crippen molar-refractivity contribution in [1.29, 1.82) is 0 Å². The maximum atomic E-state index is 13.0. The Morgan fingerprint density at radius 2 is 1.85 bits per heavy atom. The molecule has 26 heavy (non-hydrogen) atoms. The van der Waals surface area contributed by atoms with Crippen LogP contribution in [0.4, 0.5) is 4.39 Å². The third-order valence-corrected chi connectivity index (χ3v) is 4.64. The van der Waals surface area contributed by atoms with Crippen molar-refractivity contribution in [2.45, 2.75) is 20.0 Å². The van der Waals surface area contributed by atoms with Crippen molar-refractivity contribution in [3.63, 3.8) is 0 Å². The quantitative estimate of drug-likeness (QED) is 0.788. The van der Waals surface area contributed by atoms with Crippen LogP contribution in [0.5, 0.6) is 0 Å². The maximum Gasteiger partial charge on any atom is 0.236 e. The highest BCUT2D eigenvalue weighted by Gasteiger charge is 2.21. The third-order valence-electron chi connectivity index (χ3n) is 4.64. The third kappa shape index (κ3) is 5.12. The molecule has 0 N–H and O–H groups in total. The van der Waals surface area contributed by atoms with Crippen molar-refractivity contribution in [1.82, 2.24) is 19.9 Å². The van der Waals surface area contributed by atoms with Crippen LogP contribution < -0.4 is 0 Å². The van der Waals surface area contributed by atoms with Gasteiger partial charge in [0.2, 0.25) is 5.91 Å². The number of amides is 1. The van der Waals surface area contributed by atoms with E-state index in [0.717, 1.165) is 49.7 Å². The number of carbonyl (C=O) groups is 1. The van der Waals surface area contributed by atoms with Crippen LogP contribution in [0.25, 0.3) is 0 Å². The molecular weight excluding hydrogens is 335 g/mol. The molecule has 1 aliphatic heterocycles. The largest absolute Gasteiger partial charge is 0.360 e. The van der Waals surface area contributed by atoms with Gasteiger partial charge in [-0.15, -0.1) is 0 Å². The van der Waals surface area contributed by atoms with Crippen molar-refractivity contribution >= 4 is 5.91 Å². The minimum Gasteiger partial charge on any atom is -0.360 e. The molecule has 1 aromatic heterocycles. The Bertz CT molecular complexity index is 723. The molecule has 1 aliphatic rings. The molecule has 0 radical (unpaired) electrons. The van der Waals surface area contributed by atoms with Crippen LogP contribution in [0.15, 0.2) is 34.9 Å². The molecule has 0 atom stereocenters. The molecule has 1 aromatic carbocycles. The van der Waals surface area contributed by atoms with Crippen LogP contribution in [-0.4, -0.2) is 65.5 Å². The standard InChI is InChI=1S/C19H25FN4O2/c1-15-11-18(26-21-15)13-23-7-9-24(10-8-23)14-19(25)22(2)12-16-3-5-17(20)6-4-16/h3-6,11H,7-10,12-14H2,1-2H3. The van der Waals surface area contributed by atoms with E-state index in [1.807, 2.05) is 13.0 Å². The fourth-order valence-electron chi connectivity index (χ4n) is 3.08. The monoisotopic (exact) mass is 360 g/mol. The van der Waals surface area contributed by atoms with E-state index in [0.29, 0.717) is 13.1 Å². The lowest BCUT2D eigenvalue weighted by Crippen LogP contribution is -2.49. The van der Waals surface area contributed by atoms with E-state index < -0.39 is 0 Å². The van der Waals surface area contributed by atoms with E-state index in [1.54, 1.807) is 24.1 Å². The number of benzene rings is 1. The Morgan fingerprint density at radius 1 is 1.19 bits per heavy atom. The van der Waals surface area contributed by atoms with E-state index in [9.17, 15) is 9.18 Å². The van der Waals surface area contributed by atoms with Crippen molar-refractivity contribution < 1.29 is 13.7 Å². The number of hydrogen-bond donors (Lipinski definition) is 0. The molecule has 3 rings (SSSR count). The number of halogens is 1. The van der Waals surface area contributed by atoms with E-state index in [-0.39, 0.29) is 11.7 Å². The fraction of sp³-hybridized carbons (Fsp3) is 0.474. The first-order valence-corrected chi connectivity index (χ1v) is 8.85. The topological polar surface area (TPSA) is 52.8 Å². The molecule has 0 saturated carbocycles. The van der Waals surface area contributed by atoms with Crippen molar-refractivity contribution in [3.05, 3.63) is 53.2 Å². The number of carbonyl (C=O) groups excluding carboxylic acids is 1. The molecule has 2 heterocycles. The predicted molar refractivity (Wildman–Crippen MR) is 95.8 cm³/mol. The molecular formula is C19H25FN4O2. The summed E-state index contributed by atoms with van der Waals surface area (Å²) in [7, 11) is 1.79. The number of rotatable bonds is 6. The normalized spacial score (nSPS) is 16.0. The number of nitrogens with zero attached hydrogens (tertiary/aromatic N) is 4. The summed E-state index contributed by atoms with van der Waals surface area (Å²) in [4.78, 5) is 18.6. The molecule has 0 spiro atoms. The predicted octanol–water partition coefficient (Wildman–Crippen LogP) is 1.90.